The fourth-order valence-corrected chi connectivity index (χ4v) is 2.79. The second-order valence-electron chi connectivity index (χ2n) is 5.72. The summed E-state index contributed by atoms with van der Waals surface area (Å²) in [6.07, 6.45) is 8.55. The van der Waals surface area contributed by atoms with E-state index in [0.29, 0.717) is 17.6 Å². The van der Waals surface area contributed by atoms with Crippen LogP contribution < -0.4 is 11.1 Å². The zero-order valence-corrected chi connectivity index (χ0v) is 14.5. The van der Waals surface area contributed by atoms with E-state index in [1.54, 1.807) is 18.6 Å². The number of benzene rings is 1. The van der Waals surface area contributed by atoms with E-state index in [4.69, 9.17) is 5.11 Å². The minimum atomic E-state index is -0.603. The van der Waals surface area contributed by atoms with Crippen LogP contribution in [0.3, 0.4) is 0 Å². The maximum atomic E-state index is 12.3. The number of aryl methyl sites for hydroxylation is 1. The van der Waals surface area contributed by atoms with Crippen molar-refractivity contribution < 1.29 is 5.11 Å². The Labute approximate surface area is 150 Å². The van der Waals surface area contributed by atoms with Gasteiger partial charge in [-0.25, -0.2) is 4.98 Å². The lowest BCUT2D eigenvalue weighted by molar-refractivity contribution is 0.282. The van der Waals surface area contributed by atoms with Gasteiger partial charge >= 0.3 is 11.1 Å². The van der Waals surface area contributed by atoms with Gasteiger partial charge in [-0.3, -0.25) is 9.59 Å². The lowest BCUT2D eigenvalue weighted by Crippen LogP contribution is -2.36. The standard InChI is InChI=1S/C17H20N4O3.ClH/c22-10-4-2-1-3-8-21-15-11-13(20-9-7-18-12-20)5-6-14(15)19-16(23)17(21)24;/h5-7,9,11-12,22H,1-4,8,10H2,(H,19,23);1H. The van der Waals surface area contributed by atoms with Crippen LogP contribution in [0.1, 0.15) is 25.7 Å². The zero-order valence-electron chi connectivity index (χ0n) is 13.7. The van der Waals surface area contributed by atoms with Gasteiger partial charge in [0.25, 0.3) is 0 Å². The van der Waals surface area contributed by atoms with Gasteiger partial charge in [0, 0.05) is 31.2 Å². The molecule has 2 N–H and O–H groups in total. The van der Waals surface area contributed by atoms with Gasteiger partial charge in [-0.1, -0.05) is 12.8 Å². The summed E-state index contributed by atoms with van der Waals surface area (Å²) in [5.41, 5.74) is 1.08. The number of imidazole rings is 1. The zero-order chi connectivity index (χ0) is 16.9. The first kappa shape index (κ1) is 19.0. The Hall–Kier alpha value is -2.38. The third kappa shape index (κ3) is 4.18. The highest BCUT2D eigenvalue weighted by Crippen LogP contribution is 2.16. The molecule has 0 radical (unpaired) electrons. The Morgan fingerprint density at radius 3 is 2.64 bits per heavy atom. The van der Waals surface area contributed by atoms with Crippen molar-refractivity contribution in [2.24, 2.45) is 0 Å². The Kier molecular flexibility index (Phi) is 6.55. The molecule has 2 heterocycles. The number of aliphatic hydroxyl groups is 1. The third-order valence-corrected chi connectivity index (χ3v) is 4.05. The van der Waals surface area contributed by atoms with Crippen molar-refractivity contribution in [1.82, 2.24) is 19.1 Å². The summed E-state index contributed by atoms with van der Waals surface area (Å²) in [6.45, 7) is 0.667. The van der Waals surface area contributed by atoms with Gasteiger partial charge in [0.1, 0.15) is 0 Å². The number of nitrogens with one attached hydrogen (secondary N) is 1. The Morgan fingerprint density at radius 1 is 1.12 bits per heavy atom. The van der Waals surface area contributed by atoms with Crippen LogP contribution in [0.5, 0.6) is 0 Å². The molecule has 3 aromatic rings. The molecule has 0 saturated heterocycles. The maximum absolute atomic E-state index is 12.3. The highest BCUT2D eigenvalue weighted by atomic mass is 35.5. The number of fused-ring (bicyclic) bond motifs is 1. The fourth-order valence-electron chi connectivity index (χ4n) is 2.79. The van der Waals surface area contributed by atoms with Crippen molar-refractivity contribution in [3.05, 3.63) is 57.6 Å². The normalized spacial score (nSPS) is 10.8. The number of hydrogen-bond acceptors (Lipinski definition) is 4. The van der Waals surface area contributed by atoms with E-state index in [1.807, 2.05) is 22.9 Å². The maximum Gasteiger partial charge on any atom is 0.316 e. The predicted molar refractivity (Wildman–Crippen MR) is 98.8 cm³/mol. The fraction of sp³-hybridized carbons (Fsp3) is 0.353. The lowest BCUT2D eigenvalue weighted by atomic mass is 10.2. The summed E-state index contributed by atoms with van der Waals surface area (Å²) in [5, 5.41) is 8.82. The second-order valence-corrected chi connectivity index (χ2v) is 5.72. The van der Waals surface area contributed by atoms with E-state index in [2.05, 4.69) is 9.97 Å². The molecule has 0 aliphatic carbocycles. The molecule has 25 heavy (non-hydrogen) atoms. The van der Waals surface area contributed by atoms with Crippen molar-refractivity contribution in [3.63, 3.8) is 0 Å². The molecule has 0 fully saturated rings. The summed E-state index contributed by atoms with van der Waals surface area (Å²) in [7, 11) is 0. The van der Waals surface area contributed by atoms with Crippen molar-refractivity contribution >= 4 is 23.4 Å². The van der Waals surface area contributed by atoms with Crippen LogP contribution >= 0.6 is 12.4 Å². The minimum absolute atomic E-state index is 0. The first-order chi connectivity index (χ1) is 11.7. The molecule has 0 aliphatic heterocycles. The van der Waals surface area contributed by atoms with Gasteiger partial charge in [-0.2, -0.15) is 0 Å². The van der Waals surface area contributed by atoms with E-state index in [1.165, 1.54) is 4.57 Å². The summed E-state index contributed by atoms with van der Waals surface area (Å²) in [4.78, 5) is 30.8. The van der Waals surface area contributed by atoms with Gasteiger partial charge in [-0.05, 0) is 31.0 Å². The number of hydrogen-bond donors (Lipinski definition) is 2. The van der Waals surface area contributed by atoms with E-state index in [-0.39, 0.29) is 19.0 Å². The van der Waals surface area contributed by atoms with Gasteiger partial charge in [0.05, 0.1) is 17.4 Å². The van der Waals surface area contributed by atoms with Crippen LogP contribution in [-0.2, 0) is 6.54 Å². The first-order valence-electron chi connectivity index (χ1n) is 8.07. The molecule has 3 rings (SSSR count). The van der Waals surface area contributed by atoms with Crippen molar-refractivity contribution in [3.8, 4) is 5.69 Å². The smallest absolute Gasteiger partial charge is 0.316 e. The molecule has 0 spiro atoms. The average Bonchev–Trinajstić information content (AvgIpc) is 3.12. The average molecular weight is 365 g/mol. The first-order valence-corrected chi connectivity index (χ1v) is 8.07. The van der Waals surface area contributed by atoms with E-state index in [9.17, 15) is 9.59 Å². The molecule has 0 aliphatic rings. The molecule has 0 unspecified atom stereocenters. The number of aliphatic hydroxyl groups excluding tert-OH is 1. The number of rotatable bonds is 7. The number of aromatic nitrogens is 4. The number of H-pyrrole nitrogens is 1. The quantitative estimate of drug-likeness (QED) is 0.494. The lowest BCUT2D eigenvalue weighted by Gasteiger charge is -2.11. The highest BCUT2D eigenvalue weighted by Gasteiger charge is 2.09. The van der Waals surface area contributed by atoms with Crippen molar-refractivity contribution in [2.45, 2.75) is 32.2 Å². The minimum Gasteiger partial charge on any atom is -0.396 e. The van der Waals surface area contributed by atoms with E-state index >= 15 is 0 Å². The van der Waals surface area contributed by atoms with Crippen LogP contribution in [0, 0.1) is 0 Å². The molecular weight excluding hydrogens is 344 g/mol. The van der Waals surface area contributed by atoms with Gasteiger partial charge in [-0.15, -0.1) is 12.4 Å². The predicted octanol–water partition coefficient (Wildman–Crippen LogP) is 1.85. The molecule has 1 aromatic carbocycles. The van der Waals surface area contributed by atoms with Gasteiger partial charge < -0.3 is 19.2 Å². The summed E-state index contributed by atoms with van der Waals surface area (Å²) in [5.74, 6) is 0. The molecule has 7 nitrogen and oxygen atoms in total. The third-order valence-electron chi connectivity index (χ3n) is 4.05. The van der Waals surface area contributed by atoms with Crippen molar-refractivity contribution in [1.29, 1.82) is 0 Å². The van der Waals surface area contributed by atoms with Crippen LogP contribution in [0.4, 0.5) is 0 Å². The van der Waals surface area contributed by atoms with Crippen molar-refractivity contribution in [2.75, 3.05) is 6.61 Å². The molecule has 2 aromatic heterocycles. The number of halogens is 1. The van der Waals surface area contributed by atoms with Crippen LogP contribution in [0.25, 0.3) is 16.7 Å². The molecule has 0 bridgehead atoms. The Balaban J connectivity index is 0.00000225. The summed E-state index contributed by atoms with van der Waals surface area (Å²) < 4.78 is 3.38. The number of aromatic amines is 1. The van der Waals surface area contributed by atoms with E-state index < -0.39 is 11.1 Å². The van der Waals surface area contributed by atoms with Crippen LogP contribution in [0.15, 0.2) is 46.5 Å². The highest BCUT2D eigenvalue weighted by molar-refractivity contribution is 5.85. The second kappa shape index (κ2) is 8.64. The topological polar surface area (TPSA) is 92.9 Å². The van der Waals surface area contributed by atoms with Crippen LogP contribution in [-0.4, -0.2) is 30.8 Å². The number of unbranched alkanes of at least 4 members (excludes halogenated alkanes) is 3. The molecule has 0 saturated carbocycles. The van der Waals surface area contributed by atoms with Crippen LogP contribution in [0.2, 0.25) is 0 Å². The molecule has 8 heteroatoms. The summed E-state index contributed by atoms with van der Waals surface area (Å²) >= 11 is 0. The van der Waals surface area contributed by atoms with Gasteiger partial charge in [0.2, 0.25) is 0 Å². The molecule has 134 valence electrons. The number of nitrogens with zero attached hydrogens (tertiary/aromatic N) is 3. The van der Waals surface area contributed by atoms with Gasteiger partial charge in [0.15, 0.2) is 0 Å². The monoisotopic (exact) mass is 364 g/mol. The largest absolute Gasteiger partial charge is 0.396 e. The molecular formula is C17H21ClN4O3. The molecule has 0 atom stereocenters. The summed E-state index contributed by atoms with van der Waals surface area (Å²) in [6, 6.07) is 5.55. The SMILES string of the molecule is Cl.O=c1[nH]c2ccc(-n3ccnc3)cc2n(CCCCCCO)c1=O. The molecule has 0 amide bonds. The Morgan fingerprint density at radius 2 is 1.92 bits per heavy atom. The van der Waals surface area contributed by atoms with E-state index in [0.717, 1.165) is 31.4 Å². The Bertz CT molecular complexity index is 931.